The van der Waals surface area contributed by atoms with Gasteiger partial charge in [0.1, 0.15) is 11.7 Å². The molecule has 3 rings (SSSR count). The summed E-state index contributed by atoms with van der Waals surface area (Å²) in [6.45, 7) is -3.11. The molecule has 0 saturated carbocycles. The van der Waals surface area contributed by atoms with Crippen LogP contribution in [0.25, 0.3) is 0 Å². The molecule has 1 aromatic carbocycles. The summed E-state index contributed by atoms with van der Waals surface area (Å²) in [5.41, 5.74) is -3.81. The van der Waals surface area contributed by atoms with Gasteiger partial charge in [0.05, 0.1) is 10.9 Å². The second-order valence-corrected chi connectivity index (χ2v) is 7.42. The molecule has 0 radical (unpaired) electrons. The second kappa shape index (κ2) is 7.84. The number of amides is 2. The maximum absolute atomic E-state index is 14.0. The highest BCUT2D eigenvalue weighted by Crippen LogP contribution is 2.48. The SMILES string of the molecule is CN1C(=O)N[C@H](c2ccc(OC(F)F)cc2)[C@H](C(=O)c2cccs2)[C@@]1(O)C(F)(F)F. The van der Waals surface area contributed by atoms with Crippen LogP contribution in [-0.2, 0) is 0 Å². The summed E-state index contributed by atoms with van der Waals surface area (Å²) in [6.07, 6.45) is -5.37. The fraction of sp³-hybridized carbons (Fsp3) is 0.333. The van der Waals surface area contributed by atoms with Gasteiger partial charge in [0.2, 0.25) is 0 Å². The summed E-state index contributed by atoms with van der Waals surface area (Å²) in [4.78, 5) is 25.2. The topological polar surface area (TPSA) is 78.9 Å². The third kappa shape index (κ3) is 3.72. The second-order valence-electron chi connectivity index (χ2n) is 6.48. The van der Waals surface area contributed by atoms with Crippen molar-refractivity contribution in [2.24, 2.45) is 5.92 Å². The highest BCUT2D eigenvalue weighted by atomic mass is 32.1. The Kier molecular flexibility index (Phi) is 5.74. The van der Waals surface area contributed by atoms with Crippen molar-refractivity contribution in [1.82, 2.24) is 10.2 Å². The van der Waals surface area contributed by atoms with Crippen molar-refractivity contribution >= 4 is 23.2 Å². The third-order valence-electron chi connectivity index (χ3n) is 4.79. The van der Waals surface area contributed by atoms with Crippen LogP contribution in [0.1, 0.15) is 21.3 Å². The van der Waals surface area contributed by atoms with E-state index < -0.39 is 42.3 Å². The molecule has 6 nitrogen and oxygen atoms in total. The van der Waals surface area contributed by atoms with E-state index in [0.717, 1.165) is 42.6 Å². The molecule has 12 heteroatoms. The van der Waals surface area contributed by atoms with Crippen molar-refractivity contribution < 1.29 is 41.4 Å². The molecule has 0 unspecified atom stereocenters. The zero-order chi connectivity index (χ0) is 22.3. The van der Waals surface area contributed by atoms with Crippen LogP contribution < -0.4 is 10.1 Å². The first-order valence-electron chi connectivity index (χ1n) is 8.42. The summed E-state index contributed by atoms with van der Waals surface area (Å²) in [5.74, 6) is -3.46. The summed E-state index contributed by atoms with van der Waals surface area (Å²) < 4.78 is 70.8. The molecule has 3 atom stereocenters. The van der Waals surface area contributed by atoms with Gasteiger partial charge in [-0.25, -0.2) is 4.79 Å². The Bertz CT molecular complexity index is 920. The number of nitrogens with zero attached hydrogens (tertiary/aromatic N) is 1. The van der Waals surface area contributed by atoms with Gasteiger partial charge in [-0.15, -0.1) is 11.3 Å². The molecule has 1 aliphatic rings. The smallest absolute Gasteiger partial charge is 0.435 e. The fourth-order valence-corrected chi connectivity index (χ4v) is 4.02. The van der Waals surface area contributed by atoms with Crippen LogP contribution in [0.15, 0.2) is 41.8 Å². The first-order chi connectivity index (χ1) is 14.0. The Labute approximate surface area is 170 Å². The maximum atomic E-state index is 14.0. The van der Waals surface area contributed by atoms with Gasteiger partial charge in [0.15, 0.2) is 5.78 Å². The van der Waals surface area contributed by atoms with E-state index in [1.54, 1.807) is 0 Å². The number of halogens is 5. The number of aliphatic hydroxyl groups is 1. The molecule has 2 N–H and O–H groups in total. The normalized spacial score (nSPS) is 24.7. The Morgan fingerprint density at radius 2 is 1.90 bits per heavy atom. The molecular weight excluding hydrogens is 435 g/mol. The Balaban J connectivity index is 2.11. The largest absolute Gasteiger partial charge is 0.437 e. The molecule has 1 aliphatic heterocycles. The van der Waals surface area contributed by atoms with Crippen molar-refractivity contribution in [3.8, 4) is 5.75 Å². The minimum absolute atomic E-state index is 0.00403. The third-order valence-corrected chi connectivity index (χ3v) is 5.67. The van der Waals surface area contributed by atoms with E-state index in [2.05, 4.69) is 10.1 Å². The molecule has 1 saturated heterocycles. The van der Waals surface area contributed by atoms with Gasteiger partial charge in [-0.2, -0.15) is 22.0 Å². The molecule has 2 heterocycles. The summed E-state index contributed by atoms with van der Waals surface area (Å²) in [6, 6.07) is 4.31. The predicted molar refractivity (Wildman–Crippen MR) is 95.3 cm³/mol. The van der Waals surface area contributed by atoms with Gasteiger partial charge in [-0.1, -0.05) is 18.2 Å². The minimum atomic E-state index is -5.37. The number of alkyl halides is 5. The van der Waals surface area contributed by atoms with E-state index in [1.807, 2.05) is 0 Å². The molecule has 0 bridgehead atoms. The molecule has 0 spiro atoms. The van der Waals surface area contributed by atoms with E-state index in [9.17, 15) is 36.6 Å². The fourth-order valence-electron chi connectivity index (χ4n) is 3.31. The summed E-state index contributed by atoms with van der Waals surface area (Å²) >= 11 is 0.882. The molecule has 1 fully saturated rings. The van der Waals surface area contributed by atoms with E-state index in [4.69, 9.17) is 0 Å². The number of carbonyl (C=O) groups is 2. The van der Waals surface area contributed by atoms with Crippen LogP contribution >= 0.6 is 11.3 Å². The van der Waals surface area contributed by atoms with Crippen LogP contribution in [0.5, 0.6) is 5.75 Å². The molecule has 2 amide bonds. The average molecular weight is 450 g/mol. The Morgan fingerprint density at radius 3 is 2.40 bits per heavy atom. The minimum Gasteiger partial charge on any atom is -0.435 e. The number of thiophene rings is 1. The van der Waals surface area contributed by atoms with Gasteiger partial charge in [-0.3, -0.25) is 9.69 Å². The quantitative estimate of drug-likeness (QED) is 0.537. The van der Waals surface area contributed by atoms with Gasteiger partial charge >= 0.3 is 18.8 Å². The van der Waals surface area contributed by atoms with E-state index in [-0.39, 0.29) is 21.1 Å². The lowest BCUT2D eigenvalue weighted by Crippen LogP contribution is -2.72. The highest BCUT2D eigenvalue weighted by Gasteiger charge is 2.69. The van der Waals surface area contributed by atoms with Crippen molar-refractivity contribution in [3.63, 3.8) is 0 Å². The van der Waals surface area contributed by atoms with Crippen LogP contribution in [0.3, 0.4) is 0 Å². The summed E-state index contributed by atoms with van der Waals surface area (Å²) in [7, 11) is 0.729. The lowest BCUT2D eigenvalue weighted by atomic mass is 9.78. The maximum Gasteiger partial charge on any atom is 0.437 e. The number of ether oxygens (including phenoxy) is 1. The number of Topliss-reactive ketones (excluding diaryl/α,β-unsaturated/α-hetero) is 1. The molecule has 162 valence electrons. The highest BCUT2D eigenvalue weighted by molar-refractivity contribution is 7.12. The number of urea groups is 1. The first-order valence-corrected chi connectivity index (χ1v) is 9.30. The Hall–Kier alpha value is -2.73. The molecule has 2 aromatic rings. The van der Waals surface area contributed by atoms with Crippen LogP contribution in [0.4, 0.5) is 26.7 Å². The number of rotatable bonds is 5. The molecule has 30 heavy (non-hydrogen) atoms. The van der Waals surface area contributed by atoms with Gasteiger partial charge in [0.25, 0.3) is 5.72 Å². The number of carbonyl (C=O) groups excluding carboxylic acids is 2. The van der Waals surface area contributed by atoms with Crippen LogP contribution in [-0.4, -0.2) is 47.4 Å². The van der Waals surface area contributed by atoms with Crippen LogP contribution in [0, 0.1) is 5.92 Å². The average Bonchev–Trinajstić information content (AvgIpc) is 3.19. The lowest BCUT2D eigenvalue weighted by molar-refractivity contribution is -0.322. The standard InChI is InChI=1S/C18H15F5N2O4S/c1-25-16(27)24-13(9-4-6-10(7-5-9)29-15(19)20)12(17(25,28)18(21,22)23)14(26)11-3-2-8-30-11/h2-8,12-13,15,28H,1H3,(H,24,27)/t12-,13-,17-/m1/s1. The summed E-state index contributed by atoms with van der Waals surface area (Å²) in [5, 5.41) is 14.4. The lowest BCUT2D eigenvalue weighted by Gasteiger charge is -2.49. The number of hydrogen-bond donors (Lipinski definition) is 2. The van der Waals surface area contributed by atoms with Gasteiger partial charge in [0, 0.05) is 7.05 Å². The van der Waals surface area contributed by atoms with Gasteiger partial charge in [-0.05, 0) is 29.1 Å². The van der Waals surface area contributed by atoms with Crippen molar-refractivity contribution in [2.75, 3.05) is 7.05 Å². The van der Waals surface area contributed by atoms with Crippen LogP contribution in [0.2, 0.25) is 0 Å². The first kappa shape index (κ1) is 22.0. The molecular formula is C18H15F5N2O4S. The van der Waals surface area contributed by atoms with Crippen molar-refractivity contribution in [3.05, 3.63) is 52.2 Å². The van der Waals surface area contributed by atoms with E-state index in [1.165, 1.54) is 17.5 Å². The van der Waals surface area contributed by atoms with Crippen molar-refractivity contribution in [2.45, 2.75) is 24.6 Å². The molecule has 0 aliphatic carbocycles. The number of hydrogen-bond acceptors (Lipinski definition) is 5. The predicted octanol–water partition coefficient (Wildman–Crippen LogP) is 3.80. The molecule has 1 aromatic heterocycles. The van der Waals surface area contributed by atoms with E-state index in [0.29, 0.717) is 0 Å². The number of benzene rings is 1. The van der Waals surface area contributed by atoms with Gasteiger partial charge < -0.3 is 15.2 Å². The monoisotopic (exact) mass is 450 g/mol. The zero-order valence-corrected chi connectivity index (χ0v) is 16.0. The number of ketones is 1. The van der Waals surface area contributed by atoms with E-state index >= 15 is 0 Å². The zero-order valence-electron chi connectivity index (χ0n) is 15.2. The Morgan fingerprint density at radius 1 is 1.27 bits per heavy atom. The van der Waals surface area contributed by atoms with Crippen molar-refractivity contribution in [1.29, 1.82) is 0 Å². The number of nitrogens with one attached hydrogen (secondary N) is 1.